The fourth-order valence-corrected chi connectivity index (χ4v) is 1.48. The molecular formula is C12H16N2O4. The zero-order valence-electron chi connectivity index (χ0n) is 10.1. The van der Waals surface area contributed by atoms with Gasteiger partial charge in [0.25, 0.3) is 5.69 Å². The first kappa shape index (κ1) is 14.1. The number of benzene rings is 1. The molecule has 2 N–H and O–H groups in total. The lowest BCUT2D eigenvalue weighted by molar-refractivity contribution is -0.384. The molecule has 0 spiro atoms. The molecule has 1 amide bonds. The van der Waals surface area contributed by atoms with E-state index in [4.69, 9.17) is 5.11 Å². The molecule has 0 fully saturated rings. The summed E-state index contributed by atoms with van der Waals surface area (Å²) in [7, 11) is 0. The molecule has 6 heteroatoms. The van der Waals surface area contributed by atoms with Crippen LogP contribution in [0.15, 0.2) is 24.3 Å². The first-order valence-electron chi connectivity index (χ1n) is 5.70. The Balaban J connectivity index is 2.56. The molecule has 0 bridgehead atoms. The molecule has 0 saturated heterocycles. The Kier molecular flexibility index (Phi) is 5.26. The quantitative estimate of drug-likeness (QED) is 0.584. The van der Waals surface area contributed by atoms with Crippen molar-refractivity contribution in [3.8, 4) is 0 Å². The lowest BCUT2D eigenvalue weighted by Crippen LogP contribution is -2.37. The molecule has 6 nitrogen and oxygen atoms in total. The smallest absolute Gasteiger partial charge is 0.269 e. The van der Waals surface area contributed by atoms with E-state index in [2.05, 4.69) is 5.32 Å². The molecule has 0 radical (unpaired) electrons. The molecule has 0 heterocycles. The number of amides is 1. The van der Waals surface area contributed by atoms with Crippen LogP contribution in [-0.2, 0) is 11.2 Å². The van der Waals surface area contributed by atoms with Crippen molar-refractivity contribution in [2.45, 2.75) is 25.8 Å². The molecule has 1 aromatic carbocycles. The number of rotatable bonds is 6. The Labute approximate surface area is 105 Å². The van der Waals surface area contributed by atoms with Gasteiger partial charge in [-0.2, -0.15) is 0 Å². The number of aliphatic hydroxyl groups excluding tert-OH is 1. The Bertz CT molecular complexity index is 413. The van der Waals surface area contributed by atoms with Gasteiger partial charge in [-0.3, -0.25) is 14.9 Å². The fraction of sp³-hybridized carbons (Fsp3) is 0.417. The molecular weight excluding hydrogens is 236 g/mol. The van der Waals surface area contributed by atoms with Crippen molar-refractivity contribution >= 4 is 11.6 Å². The largest absolute Gasteiger partial charge is 0.394 e. The molecule has 1 aromatic rings. The topological polar surface area (TPSA) is 92.5 Å². The lowest BCUT2D eigenvalue weighted by Gasteiger charge is -2.13. The highest BCUT2D eigenvalue weighted by Gasteiger charge is 2.10. The van der Waals surface area contributed by atoms with Crippen LogP contribution in [0.4, 0.5) is 5.69 Å². The minimum absolute atomic E-state index is 0.000881. The van der Waals surface area contributed by atoms with Gasteiger partial charge in [-0.05, 0) is 12.0 Å². The standard InChI is InChI=1S/C12H16N2O4/c1-2-10(8-15)13-12(16)7-9-3-5-11(6-4-9)14(17)18/h3-6,10,15H,2,7-8H2,1H3,(H,13,16)/t10-/m0/s1. The maximum Gasteiger partial charge on any atom is 0.269 e. The predicted octanol–water partition coefficient (Wildman–Crippen LogP) is 1.02. The first-order chi connectivity index (χ1) is 8.56. The van der Waals surface area contributed by atoms with E-state index in [0.717, 1.165) is 0 Å². The molecule has 0 unspecified atom stereocenters. The minimum atomic E-state index is -0.483. The van der Waals surface area contributed by atoms with Gasteiger partial charge in [0.05, 0.1) is 24.0 Å². The fourth-order valence-electron chi connectivity index (χ4n) is 1.48. The van der Waals surface area contributed by atoms with Gasteiger partial charge >= 0.3 is 0 Å². The number of carbonyl (C=O) groups excluding carboxylic acids is 1. The van der Waals surface area contributed by atoms with Gasteiger partial charge in [-0.1, -0.05) is 19.1 Å². The van der Waals surface area contributed by atoms with Gasteiger partial charge < -0.3 is 10.4 Å². The molecule has 1 atom stereocenters. The summed E-state index contributed by atoms with van der Waals surface area (Å²) in [6.45, 7) is 1.77. The molecule has 0 aromatic heterocycles. The van der Waals surface area contributed by atoms with Gasteiger partial charge in [0.1, 0.15) is 0 Å². The number of nitro groups is 1. The van der Waals surface area contributed by atoms with E-state index in [9.17, 15) is 14.9 Å². The summed E-state index contributed by atoms with van der Waals surface area (Å²) >= 11 is 0. The summed E-state index contributed by atoms with van der Waals surface area (Å²) in [4.78, 5) is 21.6. The predicted molar refractivity (Wildman–Crippen MR) is 66.1 cm³/mol. The third kappa shape index (κ3) is 4.14. The highest BCUT2D eigenvalue weighted by molar-refractivity contribution is 5.78. The molecule has 1 rings (SSSR count). The SMILES string of the molecule is CC[C@@H](CO)NC(=O)Cc1ccc([N+](=O)[O-])cc1. The highest BCUT2D eigenvalue weighted by atomic mass is 16.6. The number of non-ortho nitro benzene ring substituents is 1. The van der Waals surface area contributed by atoms with E-state index >= 15 is 0 Å². The molecule has 0 saturated carbocycles. The summed E-state index contributed by atoms with van der Waals surface area (Å²) in [6, 6.07) is 5.60. The van der Waals surface area contributed by atoms with Crippen LogP contribution in [-0.4, -0.2) is 28.6 Å². The van der Waals surface area contributed by atoms with E-state index in [0.29, 0.717) is 12.0 Å². The number of nitrogens with zero attached hydrogens (tertiary/aromatic N) is 1. The molecule has 98 valence electrons. The summed E-state index contributed by atoms with van der Waals surface area (Å²) in [6.07, 6.45) is 0.803. The minimum Gasteiger partial charge on any atom is -0.394 e. The summed E-state index contributed by atoms with van der Waals surface area (Å²) in [5.74, 6) is -0.204. The number of nitro benzene ring substituents is 1. The second kappa shape index (κ2) is 6.70. The molecule has 0 aliphatic rings. The van der Waals surface area contributed by atoms with Crippen molar-refractivity contribution in [1.29, 1.82) is 0 Å². The van der Waals surface area contributed by atoms with Gasteiger partial charge in [0, 0.05) is 12.1 Å². The maximum absolute atomic E-state index is 11.6. The van der Waals surface area contributed by atoms with Crippen LogP contribution in [0.3, 0.4) is 0 Å². The van der Waals surface area contributed by atoms with Gasteiger partial charge in [0.15, 0.2) is 0 Å². The van der Waals surface area contributed by atoms with Crippen molar-refractivity contribution in [2.75, 3.05) is 6.61 Å². The number of hydrogen-bond acceptors (Lipinski definition) is 4. The van der Waals surface area contributed by atoms with Crippen LogP contribution in [0.1, 0.15) is 18.9 Å². The van der Waals surface area contributed by atoms with E-state index in [-0.39, 0.29) is 30.7 Å². The number of carbonyl (C=O) groups is 1. The first-order valence-corrected chi connectivity index (χ1v) is 5.70. The van der Waals surface area contributed by atoms with Crippen molar-refractivity contribution in [1.82, 2.24) is 5.32 Å². The maximum atomic E-state index is 11.6. The Morgan fingerprint density at radius 1 is 1.44 bits per heavy atom. The van der Waals surface area contributed by atoms with E-state index in [1.54, 1.807) is 12.1 Å². The van der Waals surface area contributed by atoms with Crippen LogP contribution in [0.25, 0.3) is 0 Å². The van der Waals surface area contributed by atoms with Crippen LogP contribution in [0.2, 0.25) is 0 Å². The molecule has 0 aliphatic heterocycles. The second-order valence-corrected chi connectivity index (χ2v) is 3.96. The van der Waals surface area contributed by atoms with Crippen LogP contribution >= 0.6 is 0 Å². The summed E-state index contributed by atoms with van der Waals surface area (Å²) in [5.41, 5.74) is 0.701. The van der Waals surface area contributed by atoms with Crippen molar-refractivity contribution in [3.63, 3.8) is 0 Å². The van der Waals surface area contributed by atoms with Crippen LogP contribution in [0.5, 0.6) is 0 Å². The Morgan fingerprint density at radius 2 is 2.06 bits per heavy atom. The number of nitrogens with one attached hydrogen (secondary N) is 1. The number of aliphatic hydroxyl groups is 1. The average molecular weight is 252 g/mol. The number of hydrogen-bond donors (Lipinski definition) is 2. The zero-order chi connectivity index (χ0) is 13.5. The van der Waals surface area contributed by atoms with Crippen molar-refractivity contribution in [2.24, 2.45) is 0 Å². The van der Waals surface area contributed by atoms with Crippen LogP contribution < -0.4 is 5.32 Å². The average Bonchev–Trinajstić information content (AvgIpc) is 2.36. The Morgan fingerprint density at radius 3 is 2.50 bits per heavy atom. The third-order valence-corrected chi connectivity index (χ3v) is 2.59. The lowest BCUT2D eigenvalue weighted by atomic mass is 10.1. The molecule has 18 heavy (non-hydrogen) atoms. The summed E-state index contributed by atoms with van der Waals surface area (Å²) < 4.78 is 0. The normalized spacial score (nSPS) is 11.9. The van der Waals surface area contributed by atoms with Gasteiger partial charge in [0.2, 0.25) is 5.91 Å². The van der Waals surface area contributed by atoms with Gasteiger partial charge in [-0.15, -0.1) is 0 Å². The van der Waals surface area contributed by atoms with E-state index in [1.807, 2.05) is 6.92 Å². The zero-order valence-corrected chi connectivity index (χ0v) is 10.1. The molecule has 0 aliphatic carbocycles. The van der Waals surface area contributed by atoms with Crippen molar-refractivity contribution < 1.29 is 14.8 Å². The monoisotopic (exact) mass is 252 g/mol. The third-order valence-electron chi connectivity index (χ3n) is 2.59. The van der Waals surface area contributed by atoms with E-state index < -0.39 is 4.92 Å². The van der Waals surface area contributed by atoms with Gasteiger partial charge in [-0.25, -0.2) is 0 Å². The van der Waals surface area contributed by atoms with Crippen LogP contribution in [0, 0.1) is 10.1 Å². The summed E-state index contributed by atoms with van der Waals surface area (Å²) in [5, 5.41) is 22.1. The van der Waals surface area contributed by atoms with Crippen molar-refractivity contribution in [3.05, 3.63) is 39.9 Å². The highest BCUT2D eigenvalue weighted by Crippen LogP contribution is 2.12. The Hall–Kier alpha value is -1.95. The van der Waals surface area contributed by atoms with E-state index in [1.165, 1.54) is 12.1 Å². The second-order valence-electron chi connectivity index (χ2n) is 3.96.